The van der Waals surface area contributed by atoms with Crippen molar-refractivity contribution in [2.45, 2.75) is 13.0 Å². The summed E-state index contributed by atoms with van der Waals surface area (Å²) in [5, 5.41) is 7.23. The zero-order chi connectivity index (χ0) is 23.1. The second-order valence-corrected chi connectivity index (χ2v) is 8.86. The summed E-state index contributed by atoms with van der Waals surface area (Å²) in [5.74, 6) is 0.602. The highest BCUT2D eigenvalue weighted by Crippen LogP contribution is 2.46. The molecule has 6 rings (SSSR count). The van der Waals surface area contributed by atoms with Crippen LogP contribution in [0.2, 0.25) is 0 Å². The quantitative estimate of drug-likeness (QED) is 0.443. The van der Waals surface area contributed by atoms with Crippen molar-refractivity contribution in [3.63, 3.8) is 0 Å². The van der Waals surface area contributed by atoms with Gasteiger partial charge in [0.05, 0.1) is 6.04 Å². The molecule has 0 radical (unpaired) electrons. The Hall–Kier alpha value is -3.90. The molecule has 1 N–H and O–H groups in total. The molecular formula is C28H26N4O2. The Kier molecular flexibility index (Phi) is 5.15. The molecule has 2 amide bonds. The predicted octanol–water partition coefficient (Wildman–Crippen LogP) is 5.57. The maximum absolute atomic E-state index is 13.2. The molecule has 1 aliphatic heterocycles. The maximum Gasteiger partial charge on any atom is 0.322 e. The van der Waals surface area contributed by atoms with Crippen LogP contribution < -0.4 is 5.32 Å². The van der Waals surface area contributed by atoms with E-state index in [2.05, 4.69) is 63.9 Å². The van der Waals surface area contributed by atoms with E-state index in [0.29, 0.717) is 30.2 Å². The zero-order valence-electron chi connectivity index (χ0n) is 19.1. The summed E-state index contributed by atoms with van der Waals surface area (Å²) >= 11 is 0. The maximum atomic E-state index is 13.2. The number of carbonyl (C=O) groups excluding carboxylic acids is 1. The first kappa shape index (κ1) is 20.7. The van der Waals surface area contributed by atoms with Crippen LogP contribution in [0, 0.1) is 6.92 Å². The molecule has 6 nitrogen and oxygen atoms in total. The molecule has 1 fully saturated rings. The summed E-state index contributed by atoms with van der Waals surface area (Å²) in [6.45, 7) is 4.78. The Morgan fingerprint density at radius 3 is 2.09 bits per heavy atom. The first-order chi connectivity index (χ1) is 16.7. The molecule has 6 heteroatoms. The SMILES string of the molecule is Cc1onc(-c2ccccc2)c1NC(=O)N1CCN(C2c3ccccc3-c3ccccc32)CC1. The Bertz CT molecular complexity index is 1290. The number of amides is 2. The first-order valence-corrected chi connectivity index (χ1v) is 11.7. The number of urea groups is 1. The van der Waals surface area contributed by atoms with Gasteiger partial charge in [-0.2, -0.15) is 0 Å². The van der Waals surface area contributed by atoms with Crippen molar-refractivity contribution in [2.75, 3.05) is 31.5 Å². The normalized spacial score (nSPS) is 15.7. The monoisotopic (exact) mass is 450 g/mol. The summed E-state index contributed by atoms with van der Waals surface area (Å²) in [5.41, 5.74) is 7.56. The minimum atomic E-state index is -0.115. The average molecular weight is 451 g/mol. The average Bonchev–Trinajstić information content (AvgIpc) is 3.42. The van der Waals surface area contributed by atoms with Crippen molar-refractivity contribution in [2.24, 2.45) is 0 Å². The molecule has 2 heterocycles. The highest BCUT2D eigenvalue weighted by Gasteiger charge is 2.35. The van der Waals surface area contributed by atoms with Gasteiger partial charge in [-0.05, 0) is 29.2 Å². The van der Waals surface area contributed by atoms with Gasteiger partial charge in [-0.25, -0.2) is 4.79 Å². The van der Waals surface area contributed by atoms with Gasteiger partial charge >= 0.3 is 6.03 Å². The number of aryl methyl sites for hydroxylation is 1. The predicted molar refractivity (Wildman–Crippen MR) is 133 cm³/mol. The first-order valence-electron chi connectivity index (χ1n) is 11.7. The molecule has 1 aliphatic carbocycles. The van der Waals surface area contributed by atoms with Crippen molar-refractivity contribution >= 4 is 11.7 Å². The fourth-order valence-electron chi connectivity index (χ4n) is 5.20. The van der Waals surface area contributed by atoms with Gasteiger partial charge in [0.1, 0.15) is 11.4 Å². The van der Waals surface area contributed by atoms with Crippen LogP contribution in [-0.4, -0.2) is 47.2 Å². The van der Waals surface area contributed by atoms with Crippen LogP contribution in [0.3, 0.4) is 0 Å². The molecule has 0 atom stereocenters. The molecule has 0 saturated carbocycles. The molecule has 3 aromatic carbocycles. The van der Waals surface area contributed by atoms with E-state index in [1.807, 2.05) is 42.2 Å². The Morgan fingerprint density at radius 1 is 0.853 bits per heavy atom. The number of hydrogen-bond acceptors (Lipinski definition) is 4. The van der Waals surface area contributed by atoms with E-state index >= 15 is 0 Å². The molecule has 0 unspecified atom stereocenters. The van der Waals surface area contributed by atoms with E-state index in [0.717, 1.165) is 18.7 Å². The van der Waals surface area contributed by atoms with E-state index in [1.165, 1.54) is 22.3 Å². The van der Waals surface area contributed by atoms with Crippen molar-refractivity contribution in [1.29, 1.82) is 0 Å². The number of fused-ring (bicyclic) bond motifs is 3. The van der Waals surface area contributed by atoms with Gasteiger partial charge in [-0.1, -0.05) is 84.0 Å². The highest BCUT2D eigenvalue weighted by atomic mass is 16.5. The van der Waals surface area contributed by atoms with Crippen LogP contribution in [0.4, 0.5) is 10.5 Å². The fourth-order valence-corrected chi connectivity index (χ4v) is 5.20. The molecule has 0 bridgehead atoms. The van der Waals surface area contributed by atoms with Crippen LogP contribution in [0.25, 0.3) is 22.4 Å². The number of piperazine rings is 1. The van der Waals surface area contributed by atoms with Crippen molar-refractivity contribution in [3.05, 3.63) is 95.7 Å². The minimum absolute atomic E-state index is 0.115. The molecule has 0 spiro atoms. The van der Waals surface area contributed by atoms with Gasteiger partial charge < -0.3 is 14.7 Å². The van der Waals surface area contributed by atoms with Crippen molar-refractivity contribution < 1.29 is 9.32 Å². The van der Waals surface area contributed by atoms with Crippen LogP contribution >= 0.6 is 0 Å². The Balaban J connectivity index is 1.17. The summed E-state index contributed by atoms with van der Waals surface area (Å²) in [4.78, 5) is 17.5. The number of aromatic nitrogens is 1. The summed E-state index contributed by atoms with van der Waals surface area (Å²) in [6, 6.07) is 27.2. The van der Waals surface area contributed by atoms with E-state index in [1.54, 1.807) is 0 Å². The van der Waals surface area contributed by atoms with Crippen LogP contribution in [0.5, 0.6) is 0 Å². The summed E-state index contributed by atoms with van der Waals surface area (Å²) < 4.78 is 5.40. The number of nitrogens with zero attached hydrogens (tertiary/aromatic N) is 3. The third kappa shape index (κ3) is 3.47. The lowest BCUT2D eigenvalue weighted by Crippen LogP contribution is -2.50. The lowest BCUT2D eigenvalue weighted by molar-refractivity contribution is 0.128. The van der Waals surface area contributed by atoms with E-state index < -0.39 is 0 Å². The van der Waals surface area contributed by atoms with Gasteiger partial charge in [-0.3, -0.25) is 4.90 Å². The van der Waals surface area contributed by atoms with Crippen molar-refractivity contribution in [3.8, 4) is 22.4 Å². The number of hydrogen-bond donors (Lipinski definition) is 1. The van der Waals surface area contributed by atoms with E-state index in [4.69, 9.17) is 4.52 Å². The third-order valence-electron chi connectivity index (χ3n) is 6.91. The second-order valence-electron chi connectivity index (χ2n) is 8.86. The number of carbonyl (C=O) groups is 1. The van der Waals surface area contributed by atoms with Gasteiger partial charge in [0.15, 0.2) is 5.76 Å². The molecule has 4 aromatic rings. The Morgan fingerprint density at radius 2 is 1.44 bits per heavy atom. The largest absolute Gasteiger partial charge is 0.359 e. The van der Waals surface area contributed by atoms with Crippen molar-refractivity contribution in [1.82, 2.24) is 15.0 Å². The summed E-state index contributed by atoms with van der Waals surface area (Å²) in [6.07, 6.45) is 0. The smallest absolute Gasteiger partial charge is 0.322 e. The second kappa shape index (κ2) is 8.47. The fraction of sp³-hybridized carbons (Fsp3) is 0.214. The van der Waals surface area contributed by atoms with Crippen LogP contribution in [-0.2, 0) is 0 Å². The standard InChI is InChI=1S/C28H26N4O2/c1-19-25(26(30-34-19)20-9-3-2-4-10-20)29-28(33)32-17-15-31(16-18-32)27-23-13-7-5-11-21(23)22-12-6-8-14-24(22)27/h2-14,27H,15-18H2,1H3,(H,29,33). The molecule has 170 valence electrons. The Labute approximate surface area is 198 Å². The highest BCUT2D eigenvalue weighted by molar-refractivity contribution is 5.94. The van der Waals surface area contributed by atoms with Gasteiger partial charge in [-0.15, -0.1) is 0 Å². The number of rotatable bonds is 3. The number of anilines is 1. The lowest BCUT2D eigenvalue weighted by Gasteiger charge is -2.38. The molecule has 1 aromatic heterocycles. The number of nitrogens with one attached hydrogen (secondary N) is 1. The topological polar surface area (TPSA) is 61.6 Å². The molecule has 34 heavy (non-hydrogen) atoms. The van der Waals surface area contributed by atoms with E-state index in [9.17, 15) is 4.79 Å². The number of benzene rings is 3. The van der Waals surface area contributed by atoms with Gasteiger partial charge in [0.2, 0.25) is 0 Å². The summed E-state index contributed by atoms with van der Waals surface area (Å²) in [7, 11) is 0. The molecular weight excluding hydrogens is 424 g/mol. The van der Waals surface area contributed by atoms with Gasteiger partial charge in [0, 0.05) is 31.7 Å². The van der Waals surface area contributed by atoms with Crippen LogP contribution in [0.15, 0.2) is 83.4 Å². The van der Waals surface area contributed by atoms with E-state index in [-0.39, 0.29) is 12.1 Å². The molecule has 1 saturated heterocycles. The lowest BCUT2D eigenvalue weighted by atomic mass is 10.0. The third-order valence-corrected chi connectivity index (χ3v) is 6.91. The minimum Gasteiger partial charge on any atom is -0.359 e. The van der Waals surface area contributed by atoms with Crippen LogP contribution in [0.1, 0.15) is 22.9 Å². The van der Waals surface area contributed by atoms with Gasteiger partial charge in [0.25, 0.3) is 0 Å². The molecule has 2 aliphatic rings. The zero-order valence-corrected chi connectivity index (χ0v) is 19.1.